The van der Waals surface area contributed by atoms with Gasteiger partial charge in [-0.3, -0.25) is 4.55 Å². The molecule has 0 aliphatic heterocycles. The smallest absolute Gasteiger partial charge is 0.407 e. The van der Waals surface area contributed by atoms with E-state index in [0.29, 0.717) is 12.0 Å². The molecule has 8 heteroatoms. The fourth-order valence-corrected chi connectivity index (χ4v) is 2.71. The topological polar surface area (TPSA) is 102 Å². The first-order valence-electron chi connectivity index (χ1n) is 7.60. The standard InChI is InChI=1S/C16H25NO6S/c1-12-5-6-14(24(19,20)21)13(11-12)7-9-22-10-8-17-15(18)23-16(2,3)4/h5-6,11H,7-10H2,1-4H3,(H,17,18)(H,19,20,21). The summed E-state index contributed by atoms with van der Waals surface area (Å²) in [6, 6.07) is 4.70. The van der Waals surface area contributed by atoms with Crippen LogP contribution in [0.4, 0.5) is 4.79 Å². The van der Waals surface area contributed by atoms with Crippen LogP contribution in [0.25, 0.3) is 0 Å². The molecule has 0 saturated carbocycles. The molecule has 1 rings (SSSR count). The molecule has 2 N–H and O–H groups in total. The van der Waals surface area contributed by atoms with E-state index in [9.17, 15) is 17.8 Å². The largest absolute Gasteiger partial charge is 0.444 e. The van der Waals surface area contributed by atoms with Gasteiger partial charge in [0.2, 0.25) is 0 Å². The number of rotatable bonds is 7. The highest BCUT2D eigenvalue weighted by Gasteiger charge is 2.16. The molecule has 0 bridgehead atoms. The first-order chi connectivity index (χ1) is 11.0. The van der Waals surface area contributed by atoms with Crippen LogP contribution >= 0.6 is 0 Å². The van der Waals surface area contributed by atoms with Crippen LogP contribution in [0, 0.1) is 6.92 Å². The third-order valence-corrected chi connectivity index (χ3v) is 3.88. The summed E-state index contributed by atoms with van der Waals surface area (Å²) in [5.41, 5.74) is 0.837. The summed E-state index contributed by atoms with van der Waals surface area (Å²) in [7, 11) is -4.26. The Morgan fingerprint density at radius 1 is 1.25 bits per heavy atom. The van der Waals surface area contributed by atoms with Gasteiger partial charge in [-0.2, -0.15) is 8.42 Å². The van der Waals surface area contributed by atoms with Crippen LogP contribution in [-0.4, -0.2) is 44.4 Å². The quantitative estimate of drug-likeness (QED) is 0.572. The fraction of sp³-hybridized carbons (Fsp3) is 0.562. The average molecular weight is 359 g/mol. The average Bonchev–Trinajstić information content (AvgIpc) is 2.39. The van der Waals surface area contributed by atoms with Crippen molar-refractivity contribution in [2.24, 2.45) is 0 Å². The Kier molecular flexibility index (Phi) is 7.19. The van der Waals surface area contributed by atoms with Crippen LogP contribution in [0.15, 0.2) is 23.1 Å². The molecule has 1 aromatic carbocycles. The van der Waals surface area contributed by atoms with Gasteiger partial charge in [0, 0.05) is 6.54 Å². The Morgan fingerprint density at radius 3 is 2.50 bits per heavy atom. The summed E-state index contributed by atoms with van der Waals surface area (Å²) in [6.45, 7) is 7.98. The molecule has 7 nitrogen and oxygen atoms in total. The van der Waals surface area contributed by atoms with E-state index in [2.05, 4.69) is 5.32 Å². The molecule has 0 saturated heterocycles. The van der Waals surface area contributed by atoms with Crippen LogP contribution < -0.4 is 5.32 Å². The highest BCUT2D eigenvalue weighted by atomic mass is 32.2. The number of nitrogens with one attached hydrogen (secondary N) is 1. The first-order valence-corrected chi connectivity index (χ1v) is 9.04. The van der Waals surface area contributed by atoms with Crippen LogP contribution in [0.2, 0.25) is 0 Å². The molecule has 0 radical (unpaired) electrons. The molecule has 0 atom stereocenters. The Bertz CT molecular complexity index is 664. The maximum absolute atomic E-state index is 11.4. The van der Waals surface area contributed by atoms with E-state index in [1.807, 2.05) is 6.92 Å². The Labute approximate surface area is 143 Å². The van der Waals surface area contributed by atoms with Crippen molar-refractivity contribution in [2.75, 3.05) is 19.8 Å². The lowest BCUT2D eigenvalue weighted by Crippen LogP contribution is -2.34. The van der Waals surface area contributed by atoms with Gasteiger partial charge < -0.3 is 14.8 Å². The minimum Gasteiger partial charge on any atom is -0.444 e. The number of hydrogen-bond donors (Lipinski definition) is 2. The zero-order valence-corrected chi connectivity index (χ0v) is 15.3. The van der Waals surface area contributed by atoms with Crippen molar-refractivity contribution in [3.05, 3.63) is 29.3 Å². The zero-order chi connectivity index (χ0) is 18.4. The third-order valence-electron chi connectivity index (χ3n) is 2.92. The molecule has 1 aromatic rings. The molecular formula is C16H25NO6S. The van der Waals surface area contributed by atoms with Crippen LogP contribution in [0.1, 0.15) is 31.9 Å². The van der Waals surface area contributed by atoms with E-state index in [-0.39, 0.29) is 24.7 Å². The summed E-state index contributed by atoms with van der Waals surface area (Å²) in [5, 5.41) is 2.56. The molecule has 0 fully saturated rings. The van der Waals surface area contributed by atoms with E-state index in [0.717, 1.165) is 5.56 Å². The predicted octanol–water partition coefficient (Wildman–Crippen LogP) is 2.33. The second kappa shape index (κ2) is 8.46. The van der Waals surface area contributed by atoms with E-state index in [1.165, 1.54) is 6.07 Å². The van der Waals surface area contributed by atoms with Gasteiger partial charge in [0.25, 0.3) is 10.1 Å². The Hall–Kier alpha value is -1.64. The van der Waals surface area contributed by atoms with Gasteiger partial charge in [-0.1, -0.05) is 17.7 Å². The van der Waals surface area contributed by atoms with Crippen molar-refractivity contribution in [1.82, 2.24) is 5.32 Å². The van der Waals surface area contributed by atoms with Gasteiger partial charge in [0.05, 0.1) is 18.1 Å². The summed E-state index contributed by atoms with van der Waals surface area (Å²) in [5.74, 6) is 0. The lowest BCUT2D eigenvalue weighted by atomic mass is 10.1. The van der Waals surface area contributed by atoms with Crippen LogP contribution in [0.3, 0.4) is 0 Å². The van der Waals surface area contributed by atoms with E-state index in [4.69, 9.17) is 9.47 Å². The molecule has 0 spiro atoms. The van der Waals surface area contributed by atoms with E-state index < -0.39 is 21.8 Å². The van der Waals surface area contributed by atoms with Gasteiger partial charge in [-0.05, 0) is 45.7 Å². The van der Waals surface area contributed by atoms with Crippen LogP contribution in [-0.2, 0) is 26.0 Å². The number of benzene rings is 1. The van der Waals surface area contributed by atoms with Crippen molar-refractivity contribution < 1.29 is 27.2 Å². The lowest BCUT2D eigenvalue weighted by molar-refractivity contribution is 0.0500. The molecule has 1 amide bonds. The SMILES string of the molecule is Cc1ccc(S(=O)(=O)O)c(CCOCCNC(=O)OC(C)(C)C)c1. The molecule has 136 valence electrons. The molecule has 0 aliphatic carbocycles. The maximum atomic E-state index is 11.4. The molecule has 0 aromatic heterocycles. The number of ether oxygens (including phenoxy) is 2. The zero-order valence-electron chi connectivity index (χ0n) is 14.5. The minimum atomic E-state index is -4.26. The summed E-state index contributed by atoms with van der Waals surface area (Å²) >= 11 is 0. The summed E-state index contributed by atoms with van der Waals surface area (Å²) in [6.07, 6.45) is -0.179. The number of alkyl carbamates (subject to hydrolysis) is 1. The van der Waals surface area contributed by atoms with E-state index >= 15 is 0 Å². The number of hydrogen-bond acceptors (Lipinski definition) is 5. The first kappa shape index (κ1) is 20.4. The van der Waals surface area contributed by atoms with Crippen molar-refractivity contribution in [3.63, 3.8) is 0 Å². The Balaban J connectivity index is 2.39. The van der Waals surface area contributed by atoms with Crippen molar-refractivity contribution in [2.45, 2.75) is 44.6 Å². The van der Waals surface area contributed by atoms with Gasteiger partial charge in [-0.15, -0.1) is 0 Å². The minimum absolute atomic E-state index is 0.108. The number of amides is 1. The molecule has 0 unspecified atom stereocenters. The molecular weight excluding hydrogens is 334 g/mol. The summed E-state index contributed by atoms with van der Waals surface area (Å²) < 4.78 is 42.4. The monoisotopic (exact) mass is 359 g/mol. The fourth-order valence-electron chi connectivity index (χ4n) is 1.98. The number of carbonyl (C=O) groups is 1. The lowest BCUT2D eigenvalue weighted by Gasteiger charge is -2.19. The van der Waals surface area contributed by atoms with Gasteiger partial charge in [0.15, 0.2) is 0 Å². The van der Waals surface area contributed by atoms with E-state index in [1.54, 1.807) is 32.9 Å². The van der Waals surface area contributed by atoms with Crippen molar-refractivity contribution in [3.8, 4) is 0 Å². The van der Waals surface area contributed by atoms with Gasteiger partial charge >= 0.3 is 6.09 Å². The Morgan fingerprint density at radius 2 is 1.92 bits per heavy atom. The third kappa shape index (κ3) is 7.76. The normalized spacial score (nSPS) is 12.0. The summed E-state index contributed by atoms with van der Waals surface area (Å²) in [4.78, 5) is 11.3. The molecule has 0 aliphatic rings. The van der Waals surface area contributed by atoms with Crippen molar-refractivity contribution in [1.29, 1.82) is 0 Å². The molecule has 0 heterocycles. The highest BCUT2D eigenvalue weighted by Crippen LogP contribution is 2.18. The predicted molar refractivity (Wildman–Crippen MR) is 89.8 cm³/mol. The highest BCUT2D eigenvalue weighted by molar-refractivity contribution is 7.85. The second-order valence-electron chi connectivity index (χ2n) is 6.38. The maximum Gasteiger partial charge on any atom is 0.407 e. The number of aryl methyl sites for hydroxylation is 1. The van der Waals surface area contributed by atoms with Gasteiger partial charge in [0.1, 0.15) is 5.60 Å². The van der Waals surface area contributed by atoms with Gasteiger partial charge in [-0.25, -0.2) is 4.79 Å². The number of carbonyl (C=O) groups excluding carboxylic acids is 1. The van der Waals surface area contributed by atoms with Crippen molar-refractivity contribution >= 4 is 16.2 Å². The van der Waals surface area contributed by atoms with Crippen LogP contribution in [0.5, 0.6) is 0 Å². The second-order valence-corrected chi connectivity index (χ2v) is 7.77. The molecule has 24 heavy (non-hydrogen) atoms.